The summed E-state index contributed by atoms with van der Waals surface area (Å²) in [7, 11) is 0. The molecule has 1 N–H and O–H groups in total. The van der Waals surface area contributed by atoms with Crippen LogP contribution in [0.25, 0.3) is 0 Å². The van der Waals surface area contributed by atoms with Crippen LogP contribution >= 0.6 is 45.8 Å². The van der Waals surface area contributed by atoms with E-state index in [4.69, 9.17) is 23.2 Å². The van der Waals surface area contributed by atoms with Crippen molar-refractivity contribution in [3.8, 4) is 0 Å². The van der Waals surface area contributed by atoms with Gasteiger partial charge in [0.25, 0.3) is 5.91 Å². The van der Waals surface area contributed by atoms with Crippen molar-refractivity contribution >= 4 is 57.5 Å². The van der Waals surface area contributed by atoms with Crippen LogP contribution in [-0.2, 0) is 0 Å². The summed E-state index contributed by atoms with van der Waals surface area (Å²) >= 11 is 13.8. The van der Waals surface area contributed by atoms with Crippen molar-refractivity contribution in [1.82, 2.24) is 4.98 Å². The number of benzene rings is 1. The maximum Gasteiger partial charge on any atom is 0.258 e. The van der Waals surface area contributed by atoms with Gasteiger partial charge in [-0.15, -0.1) is 0 Å². The lowest BCUT2D eigenvalue weighted by Gasteiger charge is -2.06. The zero-order valence-corrected chi connectivity index (χ0v) is 12.6. The molecule has 0 saturated heterocycles. The Hall–Kier alpha value is -0.850. The van der Waals surface area contributed by atoms with Crippen LogP contribution < -0.4 is 5.32 Å². The highest BCUT2D eigenvalue weighted by Crippen LogP contribution is 2.20. The molecule has 6 heteroatoms. The summed E-state index contributed by atoms with van der Waals surface area (Å²) in [6.07, 6.45) is 1.47. The van der Waals surface area contributed by atoms with Crippen molar-refractivity contribution < 1.29 is 4.79 Å². The second-order valence-corrected chi connectivity index (χ2v) is 5.53. The molecule has 3 nitrogen and oxygen atoms in total. The van der Waals surface area contributed by atoms with Gasteiger partial charge < -0.3 is 5.32 Å². The van der Waals surface area contributed by atoms with E-state index in [9.17, 15) is 4.79 Å². The number of aromatic nitrogens is 1. The molecule has 1 heterocycles. The van der Waals surface area contributed by atoms with Crippen LogP contribution in [0.15, 0.2) is 36.5 Å². The number of amides is 1. The summed E-state index contributed by atoms with van der Waals surface area (Å²) < 4.78 is 0.936. The third kappa shape index (κ3) is 3.34. The molecule has 2 aromatic rings. The summed E-state index contributed by atoms with van der Waals surface area (Å²) in [5.41, 5.74) is 0.417. The van der Waals surface area contributed by atoms with E-state index < -0.39 is 0 Å². The van der Waals surface area contributed by atoms with E-state index in [0.717, 1.165) is 3.57 Å². The molecular formula is C12H7Cl2IN2O. The van der Waals surface area contributed by atoms with Crippen molar-refractivity contribution in [2.45, 2.75) is 0 Å². The fraction of sp³-hybridized carbons (Fsp3) is 0. The minimum Gasteiger partial charge on any atom is -0.307 e. The van der Waals surface area contributed by atoms with Gasteiger partial charge in [-0.2, -0.15) is 0 Å². The van der Waals surface area contributed by atoms with Crippen molar-refractivity contribution in [3.63, 3.8) is 0 Å². The zero-order valence-electron chi connectivity index (χ0n) is 8.95. The monoisotopic (exact) mass is 392 g/mol. The van der Waals surface area contributed by atoms with E-state index in [1.807, 2.05) is 6.07 Å². The first kappa shape index (κ1) is 13.6. The van der Waals surface area contributed by atoms with Gasteiger partial charge in [0, 0.05) is 9.77 Å². The maximum atomic E-state index is 12.0. The Labute approximate surface area is 128 Å². The predicted octanol–water partition coefficient (Wildman–Crippen LogP) is 4.25. The van der Waals surface area contributed by atoms with E-state index >= 15 is 0 Å². The normalized spacial score (nSPS) is 10.2. The molecule has 0 saturated carbocycles. The lowest BCUT2D eigenvalue weighted by atomic mass is 10.2. The van der Waals surface area contributed by atoms with Gasteiger partial charge in [-0.25, -0.2) is 4.98 Å². The number of carbonyl (C=O) groups is 1. The number of carbonyl (C=O) groups excluding carboxylic acids is 1. The molecule has 1 aromatic heterocycles. The smallest absolute Gasteiger partial charge is 0.258 e. The predicted molar refractivity (Wildman–Crippen MR) is 81.4 cm³/mol. The molecule has 0 spiro atoms. The third-order valence-corrected chi connectivity index (χ3v) is 3.37. The molecule has 0 radical (unpaired) electrons. The van der Waals surface area contributed by atoms with Gasteiger partial charge in [0.15, 0.2) is 0 Å². The summed E-state index contributed by atoms with van der Waals surface area (Å²) in [6, 6.07) is 8.52. The molecule has 0 fully saturated rings. The van der Waals surface area contributed by atoms with Crippen LogP contribution in [0.5, 0.6) is 0 Å². The molecular weight excluding hydrogens is 386 g/mol. The van der Waals surface area contributed by atoms with E-state index in [1.54, 1.807) is 24.3 Å². The standard InChI is InChI=1S/C12H7Cl2IN2O/c13-7-1-4-11(16-6-7)17-12(18)9-5-8(15)2-3-10(9)14/h1-6H,(H,16,17,18). The highest BCUT2D eigenvalue weighted by molar-refractivity contribution is 14.1. The van der Waals surface area contributed by atoms with Gasteiger partial charge in [0.1, 0.15) is 5.82 Å². The molecule has 0 aliphatic rings. The van der Waals surface area contributed by atoms with E-state index in [1.165, 1.54) is 6.20 Å². The van der Waals surface area contributed by atoms with Gasteiger partial charge in [-0.05, 0) is 52.9 Å². The van der Waals surface area contributed by atoms with E-state index in [-0.39, 0.29) is 5.91 Å². The molecule has 92 valence electrons. The fourth-order valence-corrected chi connectivity index (χ4v) is 2.11. The van der Waals surface area contributed by atoms with Gasteiger partial charge in [0.05, 0.1) is 15.6 Å². The quantitative estimate of drug-likeness (QED) is 0.776. The Morgan fingerprint density at radius 2 is 2.00 bits per heavy atom. The maximum absolute atomic E-state index is 12.0. The summed E-state index contributed by atoms with van der Waals surface area (Å²) in [4.78, 5) is 16.0. The highest BCUT2D eigenvalue weighted by Gasteiger charge is 2.11. The lowest BCUT2D eigenvalue weighted by Crippen LogP contribution is -2.13. The second-order valence-electron chi connectivity index (χ2n) is 3.44. The molecule has 0 aliphatic heterocycles. The molecule has 1 aromatic carbocycles. The Morgan fingerprint density at radius 3 is 2.67 bits per heavy atom. The molecule has 0 aliphatic carbocycles. The van der Waals surface area contributed by atoms with Gasteiger partial charge in [0.2, 0.25) is 0 Å². The van der Waals surface area contributed by atoms with Crippen LogP contribution in [0.4, 0.5) is 5.82 Å². The van der Waals surface area contributed by atoms with E-state index in [0.29, 0.717) is 21.4 Å². The molecule has 18 heavy (non-hydrogen) atoms. The number of nitrogens with zero attached hydrogens (tertiary/aromatic N) is 1. The van der Waals surface area contributed by atoms with Gasteiger partial charge in [-0.3, -0.25) is 4.79 Å². The van der Waals surface area contributed by atoms with E-state index in [2.05, 4.69) is 32.9 Å². The minimum atomic E-state index is -0.298. The summed E-state index contributed by atoms with van der Waals surface area (Å²) in [5, 5.41) is 3.58. The third-order valence-electron chi connectivity index (χ3n) is 2.14. The first-order valence-corrected chi connectivity index (χ1v) is 6.77. The van der Waals surface area contributed by atoms with Gasteiger partial charge in [-0.1, -0.05) is 23.2 Å². The number of anilines is 1. The minimum absolute atomic E-state index is 0.298. The van der Waals surface area contributed by atoms with Crippen molar-refractivity contribution in [1.29, 1.82) is 0 Å². The topological polar surface area (TPSA) is 42.0 Å². The largest absolute Gasteiger partial charge is 0.307 e. The SMILES string of the molecule is O=C(Nc1ccc(Cl)cn1)c1cc(I)ccc1Cl. The number of nitrogens with one attached hydrogen (secondary N) is 1. The average molecular weight is 393 g/mol. The highest BCUT2D eigenvalue weighted by atomic mass is 127. The first-order chi connectivity index (χ1) is 8.56. The average Bonchev–Trinajstić information content (AvgIpc) is 2.35. The number of hydrogen-bond acceptors (Lipinski definition) is 2. The van der Waals surface area contributed by atoms with Crippen LogP contribution in [0.3, 0.4) is 0 Å². The Morgan fingerprint density at radius 1 is 1.22 bits per heavy atom. The van der Waals surface area contributed by atoms with Crippen molar-refractivity contribution in [3.05, 3.63) is 55.7 Å². The van der Waals surface area contributed by atoms with Crippen LogP contribution in [0.1, 0.15) is 10.4 Å². The molecule has 0 unspecified atom stereocenters. The summed E-state index contributed by atoms with van der Waals surface area (Å²) in [5.74, 6) is 0.132. The van der Waals surface area contributed by atoms with Crippen molar-refractivity contribution in [2.75, 3.05) is 5.32 Å². The molecule has 0 bridgehead atoms. The van der Waals surface area contributed by atoms with Crippen LogP contribution in [0, 0.1) is 3.57 Å². The number of rotatable bonds is 2. The van der Waals surface area contributed by atoms with Crippen LogP contribution in [-0.4, -0.2) is 10.9 Å². The molecule has 2 rings (SSSR count). The lowest BCUT2D eigenvalue weighted by molar-refractivity contribution is 0.102. The second kappa shape index (κ2) is 5.86. The summed E-state index contributed by atoms with van der Waals surface area (Å²) in [6.45, 7) is 0. The zero-order chi connectivity index (χ0) is 13.1. The molecule has 1 amide bonds. The Kier molecular flexibility index (Phi) is 4.42. The van der Waals surface area contributed by atoms with Gasteiger partial charge >= 0.3 is 0 Å². The number of hydrogen-bond donors (Lipinski definition) is 1. The first-order valence-electron chi connectivity index (χ1n) is 4.94. The van der Waals surface area contributed by atoms with Crippen LogP contribution in [0.2, 0.25) is 10.0 Å². The van der Waals surface area contributed by atoms with Crippen molar-refractivity contribution in [2.24, 2.45) is 0 Å². The fourth-order valence-electron chi connectivity index (χ4n) is 1.30. The Bertz CT molecular complexity index is 587. The molecule has 0 atom stereocenters. The Balaban J connectivity index is 2.21. The number of halogens is 3. The number of pyridine rings is 1.